The molecule has 1 saturated carbocycles. The van der Waals surface area contributed by atoms with Crippen molar-refractivity contribution in [3.05, 3.63) is 35.6 Å². The summed E-state index contributed by atoms with van der Waals surface area (Å²) in [4.78, 5) is 0. The van der Waals surface area contributed by atoms with Crippen LogP contribution in [0.2, 0.25) is 0 Å². The van der Waals surface area contributed by atoms with Gasteiger partial charge in [-0.2, -0.15) is 0 Å². The maximum atomic E-state index is 13.6. The maximum Gasteiger partial charge on any atom is 0.129 e. The quantitative estimate of drug-likeness (QED) is 0.751. The molecule has 1 nitrogen and oxygen atoms in total. The Morgan fingerprint density at radius 3 is 2.73 bits per heavy atom. The summed E-state index contributed by atoms with van der Waals surface area (Å²) in [6, 6.07) is 6.58. The molecule has 0 aromatic heterocycles. The number of hydrogen-bond acceptors (Lipinski definition) is 1. The normalized spacial score (nSPS) is 31.5. The molecule has 0 spiro atoms. The van der Waals surface area contributed by atoms with Gasteiger partial charge in [0, 0.05) is 5.56 Å². The minimum absolute atomic E-state index is 0.142. The van der Waals surface area contributed by atoms with Crippen LogP contribution in [0.1, 0.15) is 38.2 Å². The molecule has 0 unspecified atom stereocenters. The van der Waals surface area contributed by atoms with Gasteiger partial charge in [0.2, 0.25) is 0 Å². The minimum Gasteiger partial charge on any atom is -0.385 e. The molecule has 1 N–H and O–H groups in total. The van der Waals surface area contributed by atoms with E-state index in [1.165, 1.54) is 6.07 Å². The fourth-order valence-corrected chi connectivity index (χ4v) is 2.54. The molecule has 1 aromatic rings. The third-order valence-electron chi connectivity index (χ3n) is 3.60. The lowest BCUT2D eigenvalue weighted by Gasteiger charge is -2.38. The highest BCUT2D eigenvalue weighted by atomic mass is 19.1. The Kier molecular flexibility index (Phi) is 2.79. The molecule has 82 valence electrons. The molecule has 1 aliphatic carbocycles. The number of rotatable bonds is 1. The topological polar surface area (TPSA) is 20.2 Å². The molecule has 0 saturated heterocycles. The molecule has 2 atom stereocenters. The second kappa shape index (κ2) is 3.93. The van der Waals surface area contributed by atoms with Crippen LogP contribution in [0.3, 0.4) is 0 Å². The first-order chi connectivity index (χ1) is 7.14. The van der Waals surface area contributed by atoms with Crippen LogP contribution in [0, 0.1) is 11.7 Å². The molecule has 0 radical (unpaired) electrons. The fourth-order valence-electron chi connectivity index (χ4n) is 2.54. The first-order valence-corrected chi connectivity index (χ1v) is 5.62. The van der Waals surface area contributed by atoms with Crippen molar-refractivity contribution in [2.75, 3.05) is 0 Å². The third-order valence-corrected chi connectivity index (χ3v) is 3.60. The van der Waals surface area contributed by atoms with Gasteiger partial charge in [-0.05, 0) is 24.8 Å². The van der Waals surface area contributed by atoms with Gasteiger partial charge >= 0.3 is 0 Å². The molecular formula is C13H17FO. The lowest BCUT2D eigenvalue weighted by Crippen LogP contribution is -2.37. The van der Waals surface area contributed by atoms with Gasteiger partial charge in [-0.3, -0.25) is 0 Å². The zero-order valence-corrected chi connectivity index (χ0v) is 9.04. The van der Waals surface area contributed by atoms with Gasteiger partial charge in [-0.25, -0.2) is 4.39 Å². The molecule has 1 fully saturated rings. The molecule has 0 heterocycles. The Morgan fingerprint density at radius 1 is 1.33 bits per heavy atom. The molecule has 2 heteroatoms. The first kappa shape index (κ1) is 10.6. The molecule has 1 aromatic carbocycles. The van der Waals surface area contributed by atoms with Crippen molar-refractivity contribution in [1.29, 1.82) is 0 Å². The van der Waals surface area contributed by atoms with E-state index in [0.717, 1.165) is 19.3 Å². The van der Waals surface area contributed by atoms with Crippen LogP contribution >= 0.6 is 0 Å². The van der Waals surface area contributed by atoms with Crippen molar-refractivity contribution in [2.24, 2.45) is 5.92 Å². The lowest BCUT2D eigenvalue weighted by molar-refractivity contribution is -0.0496. The number of aliphatic hydroxyl groups is 1. The molecule has 0 aliphatic heterocycles. The number of halogens is 1. The standard InChI is InChI=1S/C13H17FO/c1-10-6-4-5-9-13(10,15)11-7-2-3-8-12(11)14/h2-3,7-8,10,15H,4-6,9H2,1H3/t10-,13+/m1/s1. The van der Waals surface area contributed by atoms with Gasteiger partial charge in [-0.15, -0.1) is 0 Å². The Balaban J connectivity index is 2.39. The summed E-state index contributed by atoms with van der Waals surface area (Å²) in [5, 5.41) is 10.6. The first-order valence-electron chi connectivity index (χ1n) is 5.62. The van der Waals surface area contributed by atoms with Crippen molar-refractivity contribution in [2.45, 2.75) is 38.2 Å². The average Bonchev–Trinajstić information content (AvgIpc) is 2.23. The minimum atomic E-state index is -0.955. The summed E-state index contributed by atoms with van der Waals surface area (Å²) in [5.41, 5.74) is -0.485. The Labute approximate surface area is 89.9 Å². The molecule has 2 rings (SSSR count). The van der Waals surface area contributed by atoms with E-state index in [-0.39, 0.29) is 11.7 Å². The highest BCUT2D eigenvalue weighted by Crippen LogP contribution is 2.42. The summed E-state index contributed by atoms with van der Waals surface area (Å²) >= 11 is 0. The van der Waals surface area contributed by atoms with Crippen LogP contribution in [-0.4, -0.2) is 5.11 Å². The fraction of sp³-hybridized carbons (Fsp3) is 0.538. The predicted octanol–water partition coefficient (Wildman–Crippen LogP) is 3.22. The Morgan fingerprint density at radius 2 is 2.07 bits per heavy atom. The second-order valence-corrected chi connectivity index (χ2v) is 4.55. The van der Waals surface area contributed by atoms with Gasteiger partial charge in [0.15, 0.2) is 0 Å². The smallest absolute Gasteiger partial charge is 0.129 e. The van der Waals surface area contributed by atoms with Crippen molar-refractivity contribution in [1.82, 2.24) is 0 Å². The monoisotopic (exact) mass is 208 g/mol. The number of benzene rings is 1. The molecule has 1 aliphatic rings. The van der Waals surface area contributed by atoms with E-state index < -0.39 is 5.60 Å². The molecule has 15 heavy (non-hydrogen) atoms. The van der Waals surface area contributed by atoms with Gasteiger partial charge in [0.05, 0.1) is 5.60 Å². The van der Waals surface area contributed by atoms with Crippen LogP contribution in [0.5, 0.6) is 0 Å². The van der Waals surface area contributed by atoms with Crippen LogP contribution in [-0.2, 0) is 5.60 Å². The summed E-state index contributed by atoms with van der Waals surface area (Å²) < 4.78 is 13.6. The van der Waals surface area contributed by atoms with Gasteiger partial charge in [-0.1, -0.05) is 38.0 Å². The predicted molar refractivity (Wildman–Crippen MR) is 57.9 cm³/mol. The zero-order valence-electron chi connectivity index (χ0n) is 9.04. The van der Waals surface area contributed by atoms with E-state index in [1.54, 1.807) is 18.2 Å². The van der Waals surface area contributed by atoms with E-state index >= 15 is 0 Å². The number of hydrogen-bond donors (Lipinski definition) is 1. The van der Waals surface area contributed by atoms with E-state index in [9.17, 15) is 9.50 Å². The average molecular weight is 208 g/mol. The van der Waals surface area contributed by atoms with E-state index in [1.807, 2.05) is 6.92 Å². The summed E-state index contributed by atoms with van der Waals surface area (Å²) in [5.74, 6) is -0.142. The van der Waals surface area contributed by atoms with Gasteiger partial charge in [0.1, 0.15) is 5.82 Å². The Hall–Kier alpha value is -0.890. The summed E-state index contributed by atoms with van der Waals surface area (Å²) in [6.45, 7) is 2.01. The van der Waals surface area contributed by atoms with Gasteiger partial charge < -0.3 is 5.11 Å². The highest BCUT2D eigenvalue weighted by Gasteiger charge is 2.39. The van der Waals surface area contributed by atoms with Crippen LogP contribution in [0.4, 0.5) is 4.39 Å². The summed E-state index contributed by atoms with van der Waals surface area (Å²) in [7, 11) is 0. The van der Waals surface area contributed by atoms with E-state index in [2.05, 4.69) is 0 Å². The van der Waals surface area contributed by atoms with Crippen molar-refractivity contribution >= 4 is 0 Å². The van der Waals surface area contributed by atoms with Crippen molar-refractivity contribution < 1.29 is 9.50 Å². The van der Waals surface area contributed by atoms with Crippen LogP contribution < -0.4 is 0 Å². The van der Waals surface area contributed by atoms with Gasteiger partial charge in [0.25, 0.3) is 0 Å². The highest BCUT2D eigenvalue weighted by molar-refractivity contribution is 5.25. The summed E-state index contributed by atoms with van der Waals surface area (Å²) in [6.07, 6.45) is 3.77. The Bertz CT molecular complexity index is 350. The zero-order chi connectivity index (χ0) is 10.9. The van der Waals surface area contributed by atoms with E-state index in [4.69, 9.17) is 0 Å². The molecular weight excluding hydrogens is 191 g/mol. The largest absolute Gasteiger partial charge is 0.385 e. The van der Waals surface area contributed by atoms with Crippen LogP contribution in [0.15, 0.2) is 24.3 Å². The van der Waals surface area contributed by atoms with Crippen molar-refractivity contribution in [3.63, 3.8) is 0 Å². The maximum absolute atomic E-state index is 13.6. The SMILES string of the molecule is C[C@@H]1CCCC[C@@]1(O)c1ccccc1F. The lowest BCUT2D eigenvalue weighted by atomic mass is 9.72. The van der Waals surface area contributed by atoms with Crippen LogP contribution in [0.25, 0.3) is 0 Å². The van der Waals surface area contributed by atoms with Crippen molar-refractivity contribution in [3.8, 4) is 0 Å². The second-order valence-electron chi connectivity index (χ2n) is 4.55. The third kappa shape index (κ3) is 1.78. The molecule has 0 bridgehead atoms. The molecule has 0 amide bonds. The van der Waals surface area contributed by atoms with E-state index in [0.29, 0.717) is 12.0 Å².